The third-order valence-corrected chi connectivity index (χ3v) is 8.99. The van der Waals surface area contributed by atoms with E-state index in [2.05, 4.69) is 6.07 Å². The number of hydrogen-bond acceptors (Lipinski definition) is 5. The molecule has 0 fully saturated rings. The molecule has 0 aliphatic heterocycles. The predicted molar refractivity (Wildman–Crippen MR) is 135 cm³/mol. The Hall–Kier alpha value is -3.03. The van der Waals surface area contributed by atoms with Crippen molar-refractivity contribution in [1.82, 2.24) is 4.98 Å². The summed E-state index contributed by atoms with van der Waals surface area (Å²) in [5.74, 6) is -0.283. The van der Waals surface area contributed by atoms with E-state index in [0.717, 1.165) is 26.9 Å². The minimum atomic E-state index is -3.50. The Balaban J connectivity index is 1.82. The van der Waals surface area contributed by atoms with Gasteiger partial charge in [0.1, 0.15) is 0 Å². The fourth-order valence-corrected chi connectivity index (χ4v) is 5.80. The third kappa shape index (κ3) is 4.56. The summed E-state index contributed by atoms with van der Waals surface area (Å²) in [6.07, 6.45) is 0. The summed E-state index contributed by atoms with van der Waals surface area (Å²) in [5, 5.41) is 0.0202. The lowest BCUT2D eigenvalue weighted by Gasteiger charge is -2.20. The monoisotopic (exact) mass is 478 g/mol. The molecule has 0 bridgehead atoms. The molecule has 0 unspecified atom stereocenters. The van der Waals surface area contributed by atoms with Crippen molar-refractivity contribution in [3.63, 3.8) is 0 Å². The maximum Gasteiger partial charge on any atom is 0.260 e. The number of fused-ring (bicyclic) bond motifs is 1. The van der Waals surface area contributed by atoms with Gasteiger partial charge >= 0.3 is 0 Å². The van der Waals surface area contributed by atoms with Gasteiger partial charge in [0.15, 0.2) is 15.0 Å². The molecule has 1 amide bonds. The van der Waals surface area contributed by atoms with Crippen LogP contribution < -0.4 is 4.90 Å². The molecule has 0 atom stereocenters. The van der Waals surface area contributed by atoms with E-state index >= 15 is 0 Å². The summed E-state index contributed by atoms with van der Waals surface area (Å²) in [7, 11) is -3.50. The van der Waals surface area contributed by atoms with Crippen molar-refractivity contribution in [3.05, 3.63) is 89.0 Å². The zero-order valence-electron chi connectivity index (χ0n) is 19.1. The zero-order chi connectivity index (χ0) is 23.8. The Morgan fingerprint density at radius 3 is 2.33 bits per heavy atom. The molecule has 1 aromatic heterocycles. The van der Waals surface area contributed by atoms with Crippen molar-refractivity contribution in [2.45, 2.75) is 44.4 Å². The standard InChI is InChI=1S/C26H26N2O3S2/c1-17(2)33(30,31)22-12-8-11-21(15-22)25(29)28(16-20-9-6-5-7-10-20)26-27-23-18(3)13-14-19(4)24(23)32-26/h5-15,17H,16H2,1-4H3. The topological polar surface area (TPSA) is 67.3 Å². The first-order chi connectivity index (χ1) is 15.7. The first-order valence-corrected chi connectivity index (χ1v) is 13.1. The van der Waals surface area contributed by atoms with Gasteiger partial charge in [-0.2, -0.15) is 0 Å². The number of sulfone groups is 1. The molecule has 0 spiro atoms. The van der Waals surface area contributed by atoms with Gasteiger partial charge in [0.05, 0.1) is 26.9 Å². The number of hydrogen-bond donors (Lipinski definition) is 0. The molecule has 0 N–H and O–H groups in total. The number of nitrogens with zero attached hydrogens (tertiary/aromatic N) is 2. The normalized spacial score (nSPS) is 11.8. The number of benzene rings is 3. The van der Waals surface area contributed by atoms with Crippen LogP contribution in [-0.2, 0) is 16.4 Å². The van der Waals surface area contributed by atoms with E-state index in [-0.39, 0.29) is 10.8 Å². The van der Waals surface area contributed by atoms with Gasteiger partial charge in [0.25, 0.3) is 5.91 Å². The molecule has 3 aromatic carbocycles. The SMILES string of the molecule is Cc1ccc(C)c2sc(N(Cc3ccccc3)C(=O)c3cccc(S(=O)(=O)C(C)C)c3)nc12. The highest BCUT2D eigenvalue weighted by Gasteiger charge is 2.25. The van der Waals surface area contributed by atoms with E-state index < -0.39 is 15.1 Å². The second-order valence-electron chi connectivity index (χ2n) is 8.37. The summed E-state index contributed by atoms with van der Waals surface area (Å²) in [6.45, 7) is 7.65. The summed E-state index contributed by atoms with van der Waals surface area (Å²) in [5.41, 5.74) is 4.33. The molecule has 1 heterocycles. The van der Waals surface area contributed by atoms with Crippen molar-refractivity contribution in [2.75, 3.05) is 4.90 Å². The number of amides is 1. The average molecular weight is 479 g/mol. The Labute approximate surface area is 198 Å². The molecule has 5 nitrogen and oxygen atoms in total. The van der Waals surface area contributed by atoms with Crippen molar-refractivity contribution >= 4 is 42.4 Å². The van der Waals surface area contributed by atoms with Crippen molar-refractivity contribution in [2.24, 2.45) is 0 Å². The van der Waals surface area contributed by atoms with Crippen LogP contribution >= 0.6 is 11.3 Å². The van der Waals surface area contributed by atoms with Crippen molar-refractivity contribution in [3.8, 4) is 0 Å². The van der Waals surface area contributed by atoms with Crippen molar-refractivity contribution < 1.29 is 13.2 Å². The summed E-state index contributed by atoms with van der Waals surface area (Å²) >= 11 is 1.48. The molecule has 0 saturated carbocycles. The van der Waals surface area contributed by atoms with Crippen molar-refractivity contribution in [1.29, 1.82) is 0 Å². The van der Waals surface area contributed by atoms with Crippen LogP contribution in [0.3, 0.4) is 0 Å². The van der Waals surface area contributed by atoms with Crippen LogP contribution in [0.25, 0.3) is 10.2 Å². The minimum Gasteiger partial charge on any atom is -0.279 e. The summed E-state index contributed by atoms with van der Waals surface area (Å²) < 4.78 is 26.4. The quantitative estimate of drug-likeness (QED) is 0.344. The molecule has 4 aromatic rings. The lowest BCUT2D eigenvalue weighted by molar-refractivity contribution is 0.0985. The van der Waals surface area contributed by atoms with Crippen LogP contribution in [0.2, 0.25) is 0 Å². The lowest BCUT2D eigenvalue weighted by Crippen LogP contribution is -2.30. The number of aromatic nitrogens is 1. The van der Waals surface area contributed by atoms with Crippen LogP contribution in [-0.4, -0.2) is 24.6 Å². The third-order valence-electron chi connectivity index (χ3n) is 5.62. The van der Waals surface area contributed by atoms with Gasteiger partial charge in [-0.25, -0.2) is 13.4 Å². The largest absolute Gasteiger partial charge is 0.279 e. The van der Waals surface area contributed by atoms with Gasteiger partial charge in [-0.1, -0.05) is 59.9 Å². The molecule has 0 saturated heterocycles. The molecule has 0 aliphatic rings. The first kappa shape index (κ1) is 23.1. The Kier molecular flexibility index (Phi) is 6.36. The number of carbonyl (C=O) groups excluding carboxylic acids is 1. The number of anilines is 1. The molecule has 7 heteroatoms. The number of rotatable bonds is 6. The van der Waals surface area contributed by atoms with Crippen LogP contribution in [0.1, 0.15) is 40.9 Å². The van der Waals surface area contributed by atoms with E-state index in [9.17, 15) is 13.2 Å². The molecule has 0 aliphatic carbocycles. The maximum atomic E-state index is 13.7. The lowest BCUT2D eigenvalue weighted by atomic mass is 10.1. The number of carbonyl (C=O) groups is 1. The van der Waals surface area contributed by atoms with Gasteiger partial charge in [-0.3, -0.25) is 9.69 Å². The summed E-state index contributed by atoms with van der Waals surface area (Å²) in [4.78, 5) is 20.4. The maximum absolute atomic E-state index is 13.7. The average Bonchev–Trinajstić information content (AvgIpc) is 3.27. The van der Waals surface area contributed by atoms with Gasteiger partial charge in [-0.05, 0) is 62.6 Å². The summed E-state index contributed by atoms with van der Waals surface area (Å²) in [6, 6.07) is 20.1. The highest BCUT2D eigenvalue weighted by Crippen LogP contribution is 2.34. The van der Waals surface area contributed by atoms with E-state index in [1.54, 1.807) is 30.9 Å². The predicted octanol–water partition coefficient (Wildman–Crippen LogP) is 5.94. The number of thiazole rings is 1. The zero-order valence-corrected chi connectivity index (χ0v) is 20.7. The highest BCUT2D eigenvalue weighted by molar-refractivity contribution is 7.92. The van der Waals surface area contributed by atoms with Gasteiger partial charge in [0, 0.05) is 5.56 Å². The fraction of sp³-hybridized carbons (Fsp3) is 0.231. The first-order valence-electron chi connectivity index (χ1n) is 10.7. The fourth-order valence-electron chi connectivity index (χ4n) is 3.59. The van der Waals surface area contributed by atoms with E-state index in [4.69, 9.17) is 4.98 Å². The van der Waals surface area contributed by atoms with Crippen LogP contribution in [0.5, 0.6) is 0 Å². The molecule has 4 rings (SSSR count). The Morgan fingerprint density at radius 2 is 1.67 bits per heavy atom. The minimum absolute atomic E-state index is 0.152. The second-order valence-corrected chi connectivity index (χ2v) is 11.9. The van der Waals surface area contributed by atoms with E-state index in [1.807, 2.05) is 50.2 Å². The van der Waals surface area contributed by atoms with Gasteiger partial charge in [-0.15, -0.1) is 0 Å². The van der Waals surface area contributed by atoms with Crippen LogP contribution in [0, 0.1) is 13.8 Å². The molecule has 170 valence electrons. The molecular formula is C26H26N2O3S2. The van der Waals surface area contributed by atoms with E-state index in [1.165, 1.54) is 23.5 Å². The highest BCUT2D eigenvalue weighted by atomic mass is 32.2. The van der Waals surface area contributed by atoms with Crippen LogP contribution in [0.15, 0.2) is 71.6 Å². The van der Waals surface area contributed by atoms with Gasteiger partial charge in [0.2, 0.25) is 0 Å². The smallest absolute Gasteiger partial charge is 0.260 e. The number of aryl methyl sites for hydroxylation is 2. The Bertz CT molecular complexity index is 1390. The van der Waals surface area contributed by atoms with E-state index in [0.29, 0.717) is 17.2 Å². The molecule has 0 radical (unpaired) electrons. The molecular weight excluding hydrogens is 452 g/mol. The second kappa shape index (κ2) is 9.08. The Morgan fingerprint density at radius 1 is 0.970 bits per heavy atom. The van der Waals surface area contributed by atoms with Crippen LogP contribution in [0.4, 0.5) is 5.13 Å². The molecule has 33 heavy (non-hydrogen) atoms. The van der Waals surface area contributed by atoms with Gasteiger partial charge < -0.3 is 0 Å².